The molecule has 2 heterocycles. The van der Waals surface area contributed by atoms with E-state index in [0.29, 0.717) is 0 Å². The average molecular weight is 267 g/mol. The lowest BCUT2D eigenvalue weighted by Gasteiger charge is -2.21. The van der Waals surface area contributed by atoms with E-state index in [9.17, 15) is 0 Å². The second-order valence-corrected chi connectivity index (χ2v) is 4.97. The Kier molecular flexibility index (Phi) is 3.02. The molecule has 0 bridgehead atoms. The van der Waals surface area contributed by atoms with E-state index in [4.69, 9.17) is 5.73 Å². The third kappa shape index (κ3) is 2.18. The fourth-order valence-electron chi connectivity index (χ4n) is 2.43. The first-order chi connectivity index (χ1) is 9.65. The fraction of sp³-hybridized carbons (Fsp3) is 0.200. The number of hydrogen-bond acceptors (Lipinski definition) is 4. The molecule has 0 aliphatic rings. The van der Waals surface area contributed by atoms with Gasteiger partial charge >= 0.3 is 0 Å². The number of rotatable bonds is 3. The number of nitrogens with zero attached hydrogens (tertiary/aromatic N) is 4. The van der Waals surface area contributed by atoms with E-state index in [1.165, 1.54) is 0 Å². The van der Waals surface area contributed by atoms with E-state index < -0.39 is 0 Å². The molecule has 0 spiro atoms. The summed E-state index contributed by atoms with van der Waals surface area (Å²) in [5.41, 5.74) is 9.25. The minimum atomic E-state index is 0.772. The topological polar surface area (TPSA) is 60.0 Å². The molecule has 0 aliphatic carbocycles. The predicted molar refractivity (Wildman–Crippen MR) is 81.5 cm³/mol. The molecule has 2 aromatic heterocycles. The van der Waals surface area contributed by atoms with E-state index in [2.05, 4.69) is 15.0 Å². The number of pyridine rings is 1. The monoisotopic (exact) mass is 267 g/mol. The van der Waals surface area contributed by atoms with Crippen LogP contribution in [-0.4, -0.2) is 21.8 Å². The van der Waals surface area contributed by atoms with E-state index in [-0.39, 0.29) is 0 Å². The van der Waals surface area contributed by atoms with Gasteiger partial charge in [0, 0.05) is 55.6 Å². The van der Waals surface area contributed by atoms with Crippen molar-refractivity contribution in [2.75, 3.05) is 17.7 Å². The summed E-state index contributed by atoms with van der Waals surface area (Å²) in [5, 5.41) is 6.28. The molecule has 3 aromatic rings. The molecular weight excluding hydrogens is 250 g/mol. The van der Waals surface area contributed by atoms with Gasteiger partial charge in [-0.2, -0.15) is 5.10 Å². The summed E-state index contributed by atoms with van der Waals surface area (Å²) in [4.78, 5) is 6.25. The van der Waals surface area contributed by atoms with Crippen molar-refractivity contribution < 1.29 is 0 Å². The van der Waals surface area contributed by atoms with Crippen LogP contribution in [0.2, 0.25) is 0 Å². The van der Waals surface area contributed by atoms with Crippen molar-refractivity contribution in [3.05, 3.63) is 48.5 Å². The molecule has 1 aromatic carbocycles. The van der Waals surface area contributed by atoms with E-state index >= 15 is 0 Å². The molecule has 0 aliphatic heterocycles. The Morgan fingerprint density at radius 2 is 2.10 bits per heavy atom. The molecule has 5 nitrogen and oxygen atoms in total. The van der Waals surface area contributed by atoms with Gasteiger partial charge in [-0.1, -0.05) is 6.07 Å². The average Bonchev–Trinajstić information content (AvgIpc) is 2.84. The molecule has 0 amide bonds. The minimum absolute atomic E-state index is 0.772. The normalized spacial score (nSPS) is 10.9. The van der Waals surface area contributed by atoms with E-state index in [1.807, 2.05) is 50.9 Å². The summed E-state index contributed by atoms with van der Waals surface area (Å²) in [7, 11) is 3.95. The van der Waals surface area contributed by atoms with Crippen molar-refractivity contribution in [3.63, 3.8) is 0 Å². The SMILES string of the molecule is CN(Cc1cnn(C)c1)c1ccc2cnccc2c1N. The number of hydrogen-bond donors (Lipinski definition) is 1. The van der Waals surface area contributed by atoms with Crippen molar-refractivity contribution in [1.29, 1.82) is 0 Å². The van der Waals surface area contributed by atoms with Crippen molar-refractivity contribution in [2.24, 2.45) is 7.05 Å². The van der Waals surface area contributed by atoms with Crippen LogP contribution in [0.25, 0.3) is 10.8 Å². The quantitative estimate of drug-likeness (QED) is 0.739. The maximum atomic E-state index is 6.29. The number of nitrogen functional groups attached to an aromatic ring is 1. The van der Waals surface area contributed by atoms with Crippen molar-refractivity contribution in [2.45, 2.75) is 6.54 Å². The summed E-state index contributed by atoms with van der Waals surface area (Å²) in [6.45, 7) is 0.772. The number of aromatic nitrogens is 3. The highest BCUT2D eigenvalue weighted by Gasteiger charge is 2.10. The third-order valence-corrected chi connectivity index (χ3v) is 3.43. The van der Waals surface area contributed by atoms with E-state index in [0.717, 1.165) is 34.3 Å². The first-order valence-corrected chi connectivity index (χ1v) is 6.46. The highest BCUT2D eigenvalue weighted by atomic mass is 15.2. The second kappa shape index (κ2) is 4.85. The lowest BCUT2D eigenvalue weighted by atomic mass is 10.1. The first kappa shape index (κ1) is 12.5. The number of fused-ring (bicyclic) bond motifs is 1. The van der Waals surface area contributed by atoms with Crippen LogP contribution in [0.15, 0.2) is 43.0 Å². The smallest absolute Gasteiger partial charge is 0.0632 e. The highest BCUT2D eigenvalue weighted by molar-refractivity contribution is 5.98. The summed E-state index contributed by atoms with van der Waals surface area (Å²) in [6.07, 6.45) is 7.48. The summed E-state index contributed by atoms with van der Waals surface area (Å²) in [6, 6.07) is 6.04. The predicted octanol–water partition coefficient (Wildman–Crippen LogP) is 2.19. The standard InChI is InChI=1S/C15H17N5/c1-19(9-11-7-18-20(2)10-11)14-4-3-12-8-17-6-5-13(12)15(14)16/h3-8,10H,9,16H2,1-2H3. The Hall–Kier alpha value is -2.56. The molecule has 3 rings (SSSR count). The second-order valence-electron chi connectivity index (χ2n) is 4.97. The maximum Gasteiger partial charge on any atom is 0.0632 e. The summed E-state index contributed by atoms with van der Waals surface area (Å²) < 4.78 is 1.80. The molecule has 0 fully saturated rings. The highest BCUT2D eigenvalue weighted by Crippen LogP contribution is 2.30. The number of anilines is 2. The molecule has 0 saturated carbocycles. The van der Waals surface area contributed by atoms with Gasteiger partial charge in [0.25, 0.3) is 0 Å². The van der Waals surface area contributed by atoms with Gasteiger partial charge in [0.05, 0.1) is 17.6 Å². The Labute approximate surface area is 117 Å². The lowest BCUT2D eigenvalue weighted by Crippen LogP contribution is -2.17. The minimum Gasteiger partial charge on any atom is -0.397 e. The first-order valence-electron chi connectivity index (χ1n) is 6.46. The third-order valence-electron chi connectivity index (χ3n) is 3.43. The molecule has 20 heavy (non-hydrogen) atoms. The molecular formula is C15H17N5. The zero-order chi connectivity index (χ0) is 14.1. The van der Waals surface area contributed by atoms with Gasteiger partial charge in [-0.05, 0) is 12.1 Å². The van der Waals surface area contributed by atoms with Crippen LogP contribution in [0.3, 0.4) is 0 Å². The van der Waals surface area contributed by atoms with Crippen LogP contribution < -0.4 is 10.6 Å². The zero-order valence-electron chi connectivity index (χ0n) is 11.6. The van der Waals surface area contributed by atoms with E-state index in [1.54, 1.807) is 10.9 Å². The van der Waals surface area contributed by atoms with Crippen LogP contribution in [0.4, 0.5) is 11.4 Å². The lowest BCUT2D eigenvalue weighted by molar-refractivity contribution is 0.766. The molecule has 0 atom stereocenters. The molecule has 2 N–H and O–H groups in total. The fourth-order valence-corrected chi connectivity index (χ4v) is 2.43. The Bertz CT molecular complexity index is 747. The van der Waals surface area contributed by atoms with Crippen LogP contribution in [0.5, 0.6) is 0 Å². The summed E-state index contributed by atoms with van der Waals surface area (Å²) in [5.74, 6) is 0. The van der Waals surface area contributed by atoms with Gasteiger partial charge in [0.15, 0.2) is 0 Å². The van der Waals surface area contributed by atoms with Crippen molar-refractivity contribution in [3.8, 4) is 0 Å². The summed E-state index contributed by atoms with van der Waals surface area (Å²) >= 11 is 0. The van der Waals surface area contributed by atoms with Crippen LogP contribution in [0, 0.1) is 0 Å². The molecule has 0 saturated heterocycles. The van der Waals surface area contributed by atoms with Gasteiger partial charge in [-0.25, -0.2) is 0 Å². The number of benzene rings is 1. The Morgan fingerprint density at radius 3 is 2.85 bits per heavy atom. The van der Waals surface area contributed by atoms with Gasteiger partial charge in [-0.3, -0.25) is 9.67 Å². The zero-order valence-corrected chi connectivity index (χ0v) is 11.6. The number of aryl methyl sites for hydroxylation is 1. The van der Waals surface area contributed by atoms with Crippen LogP contribution in [0.1, 0.15) is 5.56 Å². The maximum absolute atomic E-state index is 6.29. The Morgan fingerprint density at radius 1 is 1.25 bits per heavy atom. The van der Waals surface area contributed by atoms with Crippen molar-refractivity contribution in [1.82, 2.24) is 14.8 Å². The van der Waals surface area contributed by atoms with Gasteiger partial charge in [-0.15, -0.1) is 0 Å². The molecule has 102 valence electrons. The molecule has 5 heteroatoms. The number of nitrogens with two attached hydrogens (primary N) is 1. The van der Waals surface area contributed by atoms with Gasteiger partial charge in [0.2, 0.25) is 0 Å². The Balaban J connectivity index is 1.95. The molecule has 0 unspecified atom stereocenters. The van der Waals surface area contributed by atoms with Gasteiger partial charge < -0.3 is 10.6 Å². The molecule has 0 radical (unpaired) electrons. The van der Waals surface area contributed by atoms with Crippen LogP contribution in [-0.2, 0) is 13.6 Å². The van der Waals surface area contributed by atoms with Gasteiger partial charge in [0.1, 0.15) is 0 Å². The van der Waals surface area contributed by atoms with Crippen LogP contribution >= 0.6 is 0 Å². The largest absolute Gasteiger partial charge is 0.397 e. The van der Waals surface area contributed by atoms with Crippen molar-refractivity contribution >= 4 is 22.1 Å².